The molecule has 0 unspecified atom stereocenters. The predicted molar refractivity (Wildman–Crippen MR) is 221 cm³/mol. The van der Waals surface area contributed by atoms with E-state index in [2.05, 4.69) is 79.3 Å². The Balaban J connectivity index is 0.000000218. The van der Waals surface area contributed by atoms with Crippen LogP contribution in [0.25, 0.3) is 9.69 Å². The van der Waals surface area contributed by atoms with Crippen LogP contribution in [0.2, 0.25) is 0 Å². The third-order valence-electron chi connectivity index (χ3n) is 7.98. The Bertz CT molecular complexity index is 2630. The summed E-state index contributed by atoms with van der Waals surface area (Å²) in [5.41, 5.74) is 18.6. The number of ether oxygens (including phenoxy) is 2. The van der Waals surface area contributed by atoms with Crippen LogP contribution in [0, 0.1) is 63.5 Å². The van der Waals surface area contributed by atoms with Gasteiger partial charge in [-0.1, -0.05) is 29.2 Å². The summed E-state index contributed by atoms with van der Waals surface area (Å²) in [5.74, 6) is 2.03. The Hall–Kier alpha value is -7.44. The number of nitrogen functional groups attached to an aromatic ring is 2. The minimum Gasteiger partial charge on any atom is -0.437 e. The van der Waals surface area contributed by atoms with Crippen LogP contribution in [0.4, 0.5) is 46.3 Å². The number of anilines is 6. The summed E-state index contributed by atoms with van der Waals surface area (Å²) in [4.78, 5) is 19.6. The second kappa shape index (κ2) is 17.8. The maximum atomic E-state index is 10.3. The lowest BCUT2D eigenvalue weighted by atomic mass is 10.1. The lowest BCUT2D eigenvalue weighted by Crippen LogP contribution is -2.38. The Labute approximate surface area is 344 Å². The topological polar surface area (TPSA) is 214 Å². The van der Waals surface area contributed by atoms with Gasteiger partial charge in [-0.25, -0.2) is 9.69 Å². The molecule has 0 aliphatic rings. The highest BCUT2D eigenvalue weighted by Gasteiger charge is 2.25. The fourth-order valence-electron chi connectivity index (χ4n) is 5.27. The Kier molecular flexibility index (Phi) is 12.7. The summed E-state index contributed by atoms with van der Waals surface area (Å²) in [7, 11) is 0. The van der Waals surface area contributed by atoms with Crippen molar-refractivity contribution < 1.29 is 19.4 Å². The lowest BCUT2D eigenvalue weighted by Gasteiger charge is -2.14. The summed E-state index contributed by atoms with van der Waals surface area (Å²) in [5, 5.41) is 34.5. The number of nitrogens with two attached hydrogens (primary N) is 2. The van der Waals surface area contributed by atoms with Crippen LogP contribution in [0.5, 0.6) is 23.3 Å². The number of aromatic nitrogens is 4. The van der Waals surface area contributed by atoms with E-state index in [0.717, 1.165) is 22.3 Å². The first-order valence-electron chi connectivity index (χ1n) is 16.6. The van der Waals surface area contributed by atoms with Crippen LogP contribution in [0.3, 0.4) is 0 Å². The van der Waals surface area contributed by atoms with Gasteiger partial charge < -0.3 is 31.5 Å². The van der Waals surface area contributed by atoms with Gasteiger partial charge in [0.1, 0.15) is 21.8 Å². The normalized spacial score (nSPS) is 10.1. The maximum absolute atomic E-state index is 10.3. The number of nitriles is 2. The third-order valence-corrected chi connectivity index (χ3v) is 9.47. The van der Waals surface area contributed by atoms with Crippen molar-refractivity contribution in [1.82, 2.24) is 15.0 Å². The van der Waals surface area contributed by atoms with Crippen LogP contribution in [0.15, 0.2) is 81.7 Å². The Morgan fingerprint density at radius 3 is 1.53 bits per heavy atom. The number of halogens is 2. The zero-order valence-corrected chi connectivity index (χ0v) is 33.9. The first-order valence-corrected chi connectivity index (χ1v) is 18.1. The van der Waals surface area contributed by atoms with Crippen molar-refractivity contribution in [3.05, 3.63) is 138 Å². The van der Waals surface area contributed by atoms with Gasteiger partial charge in [-0.3, -0.25) is 5.32 Å². The molecule has 15 nitrogen and oxygen atoms in total. The highest BCUT2D eigenvalue weighted by Crippen LogP contribution is 2.37. The van der Waals surface area contributed by atoms with Crippen molar-refractivity contribution in [2.75, 3.05) is 22.1 Å². The first-order chi connectivity index (χ1) is 27.2. The second-order valence-corrected chi connectivity index (χ2v) is 13.8. The molecule has 2 heterocycles. The van der Waals surface area contributed by atoms with E-state index >= 15 is 0 Å². The van der Waals surface area contributed by atoms with Gasteiger partial charge in [0.15, 0.2) is 15.8 Å². The molecule has 0 aliphatic carbocycles. The van der Waals surface area contributed by atoms with Gasteiger partial charge in [0.25, 0.3) is 11.7 Å². The standard InChI is InChI=1S/C20H15BrN6O2.C20H15BrN6O/c1-11-8-13(10-22)9-12(2)17(11)29-19-16(21)18(23)27(28)20(26-19)25-15-6-4-14(24-3)5-7-15;1-11-8-13(10-22)9-12(2)17(11)28-19-16(21)18(23)26-20(27-19)25-15-6-4-14(24-3)5-7-15/h4-9,28H,1-2H3,(H2,23,25,26);4-9H,1-2H3,(H3,23,25,26,27)/p+1. The van der Waals surface area contributed by atoms with Crippen molar-refractivity contribution in [1.29, 1.82) is 10.5 Å². The minimum absolute atomic E-state index is 0.0146. The Morgan fingerprint density at radius 1 is 0.684 bits per heavy atom. The molecule has 0 amide bonds. The van der Waals surface area contributed by atoms with Crippen molar-refractivity contribution >= 4 is 78.1 Å². The molecular weight excluding hydrogens is 856 g/mol. The fourth-order valence-corrected chi connectivity index (χ4v) is 5.86. The average molecular weight is 888 g/mol. The average Bonchev–Trinajstić information content (AvgIpc) is 3.20. The van der Waals surface area contributed by atoms with Crippen molar-refractivity contribution in [3.63, 3.8) is 0 Å². The van der Waals surface area contributed by atoms with Gasteiger partial charge in [-0.2, -0.15) is 20.5 Å². The van der Waals surface area contributed by atoms with Gasteiger partial charge in [0.2, 0.25) is 11.8 Å². The van der Waals surface area contributed by atoms with Crippen LogP contribution < -0.4 is 36.3 Å². The molecule has 0 radical (unpaired) electrons. The molecule has 7 N–H and O–H groups in total. The molecule has 0 atom stereocenters. The minimum atomic E-state index is -0.0146. The number of hydrogen-bond acceptors (Lipinski definition) is 12. The molecule has 0 spiro atoms. The van der Waals surface area contributed by atoms with Crippen molar-refractivity contribution in [2.24, 2.45) is 0 Å². The molecule has 17 heteroatoms. The fraction of sp³-hybridized carbons (Fsp3) is 0.100. The number of nitrogens with zero attached hydrogens (tertiary/aromatic N) is 8. The molecule has 0 saturated carbocycles. The number of benzene rings is 4. The third kappa shape index (κ3) is 9.63. The second-order valence-electron chi connectivity index (χ2n) is 12.2. The first kappa shape index (κ1) is 40.7. The lowest BCUT2D eigenvalue weighted by molar-refractivity contribution is -0.884. The molecule has 57 heavy (non-hydrogen) atoms. The monoisotopic (exact) mass is 885 g/mol. The Morgan fingerprint density at radius 2 is 1.11 bits per heavy atom. The van der Waals surface area contributed by atoms with E-state index < -0.39 is 0 Å². The molecule has 2 aromatic heterocycles. The molecule has 6 aromatic rings. The van der Waals surface area contributed by atoms with E-state index in [0.29, 0.717) is 54.6 Å². The van der Waals surface area contributed by atoms with Crippen LogP contribution in [-0.4, -0.2) is 20.2 Å². The van der Waals surface area contributed by atoms with Gasteiger partial charge >= 0.3 is 5.95 Å². The molecule has 0 bridgehead atoms. The van der Waals surface area contributed by atoms with Gasteiger partial charge in [0.05, 0.1) is 42.1 Å². The SMILES string of the molecule is [C-]#[N+]c1ccc(Nc2nc(N)c(Br)c(Oc3c(C)cc(C#N)cc3C)n2)cc1.[C-]#[N+]c1ccc(Nc2nc(Oc3c(C)cc(C#N)cc3C)c(Br)c(N)[n+]2O)cc1. The summed E-state index contributed by atoms with van der Waals surface area (Å²) >= 11 is 6.66. The molecule has 4 aromatic carbocycles. The molecule has 282 valence electrons. The zero-order valence-electron chi connectivity index (χ0n) is 30.7. The molecular formula is C40H31Br2N12O3+. The van der Waals surface area contributed by atoms with Gasteiger partial charge in [0, 0.05) is 5.69 Å². The zero-order chi connectivity index (χ0) is 41.4. The van der Waals surface area contributed by atoms with E-state index in [1.54, 1.807) is 72.8 Å². The van der Waals surface area contributed by atoms with E-state index in [1.807, 2.05) is 27.7 Å². The molecule has 0 saturated heterocycles. The van der Waals surface area contributed by atoms with Gasteiger partial charge in [-0.15, -0.1) is 0 Å². The molecule has 0 aliphatic heterocycles. The summed E-state index contributed by atoms with van der Waals surface area (Å²) < 4.78 is 13.4. The molecule has 0 fully saturated rings. The number of rotatable bonds is 8. The van der Waals surface area contributed by atoms with E-state index in [1.165, 1.54) is 0 Å². The molecule has 6 rings (SSSR count). The smallest absolute Gasteiger partial charge is 0.392 e. The highest BCUT2D eigenvalue weighted by molar-refractivity contribution is 9.11. The largest absolute Gasteiger partial charge is 0.437 e. The van der Waals surface area contributed by atoms with Crippen LogP contribution in [0.1, 0.15) is 33.4 Å². The number of nitrogens with one attached hydrogen (secondary N) is 2. The van der Waals surface area contributed by atoms with Gasteiger partial charge in [-0.05, 0) is 135 Å². The quantitative estimate of drug-likeness (QED) is 0.0549. The summed E-state index contributed by atoms with van der Waals surface area (Å²) in [6.07, 6.45) is 0. The van der Waals surface area contributed by atoms with E-state index in [9.17, 15) is 5.21 Å². The van der Waals surface area contributed by atoms with Crippen LogP contribution >= 0.6 is 31.9 Å². The maximum Gasteiger partial charge on any atom is 0.392 e. The summed E-state index contributed by atoms with van der Waals surface area (Å²) in [6.45, 7) is 21.4. The highest BCUT2D eigenvalue weighted by atomic mass is 79.9. The van der Waals surface area contributed by atoms with E-state index in [4.69, 9.17) is 44.6 Å². The number of aryl methyl sites for hydroxylation is 4. The van der Waals surface area contributed by atoms with Crippen molar-refractivity contribution in [2.45, 2.75) is 27.7 Å². The predicted octanol–water partition coefficient (Wildman–Crippen LogP) is 9.92. The number of hydrogen-bond donors (Lipinski definition) is 5. The van der Waals surface area contributed by atoms with E-state index in [-0.39, 0.29) is 39.8 Å². The van der Waals surface area contributed by atoms with Crippen molar-refractivity contribution in [3.8, 4) is 35.4 Å². The van der Waals surface area contributed by atoms with Crippen LogP contribution in [-0.2, 0) is 0 Å². The summed E-state index contributed by atoms with van der Waals surface area (Å²) in [6, 6.07) is 24.7.